The zero-order valence-electron chi connectivity index (χ0n) is 14.8. The number of nitrogens with zero attached hydrogens (tertiary/aromatic N) is 4. The molecule has 3 rings (SSSR count). The van der Waals surface area contributed by atoms with E-state index in [1.54, 1.807) is 4.90 Å². The Morgan fingerprint density at radius 3 is 2.18 bits per heavy atom. The number of rotatable bonds is 4. The van der Waals surface area contributed by atoms with Crippen molar-refractivity contribution in [1.82, 2.24) is 14.9 Å². The summed E-state index contributed by atoms with van der Waals surface area (Å²) >= 11 is 0. The summed E-state index contributed by atoms with van der Waals surface area (Å²) in [5, 5.41) is 0. The number of halogens is 3. The number of amides is 1. The fraction of sp³-hybridized carbons (Fsp3) is 0.263. The van der Waals surface area contributed by atoms with Gasteiger partial charge in [-0.25, -0.2) is 9.97 Å². The standard InChI is InChI=1S/C19H17F3N4O2/c1-2-15(27)25-9-11-26(12-10-25)18-16(23-7-8-24-18)17(28)13-3-5-14(6-4-13)19(20,21)22/h2-8H,1,9-12H2. The molecule has 0 aliphatic carbocycles. The van der Waals surface area contributed by atoms with Gasteiger partial charge in [0, 0.05) is 44.1 Å². The van der Waals surface area contributed by atoms with Gasteiger partial charge in [-0.15, -0.1) is 0 Å². The van der Waals surface area contributed by atoms with Crippen LogP contribution in [0.2, 0.25) is 0 Å². The van der Waals surface area contributed by atoms with Crippen LogP contribution >= 0.6 is 0 Å². The van der Waals surface area contributed by atoms with Gasteiger partial charge in [0.25, 0.3) is 0 Å². The van der Waals surface area contributed by atoms with Gasteiger partial charge in [0.15, 0.2) is 11.5 Å². The van der Waals surface area contributed by atoms with Gasteiger partial charge in [-0.3, -0.25) is 9.59 Å². The topological polar surface area (TPSA) is 66.4 Å². The molecule has 1 saturated heterocycles. The summed E-state index contributed by atoms with van der Waals surface area (Å²) in [6.07, 6.45) is -0.419. The second kappa shape index (κ2) is 7.79. The Morgan fingerprint density at radius 2 is 1.61 bits per heavy atom. The zero-order chi connectivity index (χ0) is 20.3. The van der Waals surface area contributed by atoms with Crippen LogP contribution < -0.4 is 4.90 Å². The Balaban J connectivity index is 1.82. The largest absolute Gasteiger partial charge is 0.416 e. The van der Waals surface area contributed by atoms with Gasteiger partial charge in [-0.2, -0.15) is 13.2 Å². The lowest BCUT2D eigenvalue weighted by molar-refractivity contribution is -0.137. The predicted octanol–water partition coefficient (Wildman–Crippen LogP) is 2.56. The lowest BCUT2D eigenvalue weighted by Crippen LogP contribution is -2.49. The smallest absolute Gasteiger partial charge is 0.351 e. The Labute approximate surface area is 159 Å². The van der Waals surface area contributed by atoms with Crippen molar-refractivity contribution < 1.29 is 22.8 Å². The van der Waals surface area contributed by atoms with E-state index in [2.05, 4.69) is 16.5 Å². The van der Waals surface area contributed by atoms with Crippen molar-refractivity contribution in [2.45, 2.75) is 6.18 Å². The van der Waals surface area contributed by atoms with E-state index >= 15 is 0 Å². The maximum atomic E-state index is 12.8. The van der Waals surface area contributed by atoms with E-state index < -0.39 is 17.5 Å². The lowest BCUT2D eigenvalue weighted by Gasteiger charge is -2.35. The molecule has 1 aromatic heterocycles. The summed E-state index contributed by atoms with van der Waals surface area (Å²) in [5.41, 5.74) is -0.674. The summed E-state index contributed by atoms with van der Waals surface area (Å²) in [5.74, 6) is -0.334. The minimum Gasteiger partial charge on any atom is -0.351 e. The van der Waals surface area contributed by atoms with Crippen molar-refractivity contribution in [3.05, 3.63) is 66.1 Å². The molecule has 2 heterocycles. The third kappa shape index (κ3) is 4.03. The first-order valence-electron chi connectivity index (χ1n) is 8.50. The van der Waals surface area contributed by atoms with Crippen LogP contribution in [0.1, 0.15) is 21.6 Å². The van der Waals surface area contributed by atoms with E-state index in [4.69, 9.17) is 0 Å². The maximum Gasteiger partial charge on any atom is 0.416 e. The van der Waals surface area contributed by atoms with E-state index in [0.29, 0.717) is 32.0 Å². The second-order valence-electron chi connectivity index (χ2n) is 6.15. The Bertz CT molecular complexity index is 889. The molecule has 1 fully saturated rings. The van der Waals surface area contributed by atoms with Crippen LogP contribution in [0.5, 0.6) is 0 Å². The predicted molar refractivity (Wildman–Crippen MR) is 95.9 cm³/mol. The van der Waals surface area contributed by atoms with Gasteiger partial charge in [0.05, 0.1) is 5.56 Å². The monoisotopic (exact) mass is 390 g/mol. The SMILES string of the molecule is C=CC(=O)N1CCN(c2nccnc2C(=O)c2ccc(C(F)(F)F)cc2)CC1. The van der Waals surface area contributed by atoms with Crippen LogP contribution in [-0.4, -0.2) is 52.7 Å². The Kier molecular flexibility index (Phi) is 5.43. The molecule has 6 nitrogen and oxygen atoms in total. The Morgan fingerprint density at radius 1 is 1.00 bits per heavy atom. The maximum absolute atomic E-state index is 12.8. The molecule has 0 bridgehead atoms. The molecule has 2 aromatic rings. The molecule has 0 saturated carbocycles. The van der Waals surface area contributed by atoms with E-state index in [0.717, 1.165) is 24.3 Å². The number of piperazine rings is 1. The summed E-state index contributed by atoms with van der Waals surface area (Å²) in [7, 11) is 0. The summed E-state index contributed by atoms with van der Waals surface area (Å²) < 4.78 is 38.1. The van der Waals surface area contributed by atoms with Gasteiger partial charge in [-0.05, 0) is 18.2 Å². The number of carbonyl (C=O) groups excluding carboxylic acids is 2. The van der Waals surface area contributed by atoms with Crippen molar-refractivity contribution in [3.63, 3.8) is 0 Å². The highest BCUT2D eigenvalue weighted by Crippen LogP contribution is 2.29. The molecular weight excluding hydrogens is 373 g/mol. The second-order valence-corrected chi connectivity index (χ2v) is 6.15. The van der Waals surface area contributed by atoms with Crippen LogP contribution in [-0.2, 0) is 11.0 Å². The number of hydrogen-bond donors (Lipinski definition) is 0. The van der Waals surface area contributed by atoms with Crippen LogP contribution in [0, 0.1) is 0 Å². The number of anilines is 1. The molecular formula is C19H17F3N4O2. The average molecular weight is 390 g/mol. The summed E-state index contributed by atoms with van der Waals surface area (Å²) in [6, 6.07) is 3.99. The highest BCUT2D eigenvalue weighted by atomic mass is 19.4. The molecule has 0 unspecified atom stereocenters. The van der Waals surface area contributed by atoms with Crippen molar-refractivity contribution >= 4 is 17.5 Å². The fourth-order valence-corrected chi connectivity index (χ4v) is 2.94. The molecule has 0 radical (unpaired) electrons. The fourth-order valence-electron chi connectivity index (χ4n) is 2.94. The molecule has 28 heavy (non-hydrogen) atoms. The number of carbonyl (C=O) groups is 2. The van der Waals surface area contributed by atoms with Crippen molar-refractivity contribution in [3.8, 4) is 0 Å². The number of hydrogen-bond acceptors (Lipinski definition) is 5. The van der Waals surface area contributed by atoms with Gasteiger partial charge in [-0.1, -0.05) is 18.7 Å². The number of aromatic nitrogens is 2. The molecule has 0 N–H and O–H groups in total. The molecule has 1 aliphatic heterocycles. The van der Waals surface area contributed by atoms with Gasteiger partial charge < -0.3 is 9.80 Å². The first kappa shape index (κ1) is 19.5. The molecule has 146 valence electrons. The summed E-state index contributed by atoms with van der Waals surface area (Å²) in [4.78, 5) is 36.3. The van der Waals surface area contributed by atoms with E-state index in [1.807, 2.05) is 4.90 Å². The molecule has 1 amide bonds. The minimum absolute atomic E-state index is 0.0609. The normalized spacial score (nSPS) is 14.7. The van der Waals surface area contributed by atoms with Crippen LogP contribution in [0.25, 0.3) is 0 Å². The van der Waals surface area contributed by atoms with Crippen molar-refractivity contribution in [2.75, 3.05) is 31.1 Å². The first-order chi connectivity index (χ1) is 13.3. The molecule has 0 spiro atoms. The third-order valence-corrected chi connectivity index (χ3v) is 4.43. The van der Waals surface area contributed by atoms with E-state index in [1.165, 1.54) is 18.5 Å². The number of benzene rings is 1. The highest BCUT2D eigenvalue weighted by molar-refractivity contribution is 6.10. The highest BCUT2D eigenvalue weighted by Gasteiger charge is 2.31. The molecule has 0 atom stereocenters. The van der Waals surface area contributed by atoms with Crippen LogP contribution in [0.3, 0.4) is 0 Å². The van der Waals surface area contributed by atoms with Crippen molar-refractivity contribution in [2.24, 2.45) is 0 Å². The number of alkyl halides is 3. The third-order valence-electron chi connectivity index (χ3n) is 4.43. The molecule has 1 aliphatic rings. The Hall–Kier alpha value is -3.23. The van der Waals surface area contributed by atoms with Crippen LogP contribution in [0.15, 0.2) is 49.3 Å². The van der Waals surface area contributed by atoms with Gasteiger partial charge >= 0.3 is 6.18 Å². The zero-order valence-corrected chi connectivity index (χ0v) is 14.8. The average Bonchev–Trinajstić information content (AvgIpc) is 2.72. The first-order valence-corrected chi connectivity index (χ1v) is 8.50. The van der Waals surface area contributed by atoms with Crippen LogP contribution in [0.4, 0.5) is 19.0 Å². The quantitative estimate of drug-likeness (QED) is 0.593. The van der Waals surface area contributed by atoms with Crippen molar-refractivity contribution in [1.29, 1.82) is 0 Å². The molecule has 1 aromatic carbocycles. The summed E-state index contributed by atoms with van der Waals surface area (Å²) in [6.45, 7) is 5.24. The lowest BCUT2D eigenvalue weighted by atomic mass is 10.0. The molecule has 9 heteroatoms. The van der Waals surface area contributed by atoms with Gasteiger partial charge in [0.1, 0.15) is 0 Å². The van der Waals surface area contributed by atoms with Gasteiger partial charge in [0.2, 0.25) is 11.7 Å². The van der Waals surface area contributed by atoms with E-state index in [-0.39, 0.29) is 17.2 Å². The minimum atomic E-state index is -4.47. The number of ketones is 1. The van der Waals surface area contributed by atoms with E-state index in [9.17, 15) is 22.8 Å².